The molecule has 6 heteroatoms. The minimum absolute atomic E-state index is 0.302. The van der Waals surface area contributed by atoms with Crippen LogP contribution in [0.15, 0.2) is 18.5 Å². The van der Waals surface area contributed by atoms with Crippen LogP contribution in [0.4, 0.5) is 0 Å². The fourth-order valence-electron chi connectivity index (χ4n) is 2.71. The summed E-state index contributed by atoms with van der Waals surface area (Å²) in [6.45, 7) is 1.05. The van der Waals surface area contributed by atoms with Crippen LogP contribution in [-0.4, -0.2) is 32.4 Å². The number of hydrogen-bond acceptors (Lipinski definition) is 4. The first-order chi connectivity index (χ1) is 9.72. The lowest BCUT2D eigenvalue weighted by Crippen LogP contribution is -2.14. The van der Waals surface area contributed by atoms with Crippen molar-refractivity contribution in [1.82, 2.24) is 14.8 Å². The normalized spacial score (nSPS) is 12.8. The Hall–Kier alpha value is -2.21. The van der Waals surface area contributed by atoms with Crippen molar-refractivity contribution < 1.29 is 9.90 Å². The maximum Gasteiger partial charge on any atom is 0.354 e. The summed E-state index contributed by atoms with van der Waals surface area (Å²) >= 11 is 0. The van der Waals surface area contributed by atoms with Crippen molar-refractivity contribution in [3.8, 4) is 11.3 Å². The maximum atomic E-state index is 11.5. The standard InChI is InChI=1S/C14H16N4O2/c15-5-1-7-18-13(14(19)20)11-3-2-9-8-16-6-4-10(9)12(11)17-18/h4,6,8H,1-3,5,7,15H2,(H,19,20). The molecule has 104 valence electrons. The molecule has 0 aliphatic heterocycles. The van der Waals surface area contributed by atoms with E-state index in [0.29, 0.717) is 31.6 Å². The van der Waals surface area contributed by atoms with Gasteiger partial charge in [-0.2, -0.15) is 5.10 Å². The van der Waals surface area contributed by atoms with Crippen LogP contribution in [-0.2, 0) is 19.4 Å². The summed E-state index contributed by atoms with van der Waals surface area (Å²) in [6.07, 6.45) is 5.76. The Morgan fingerprint density at radius 2 is 2.30 bits per heavy atom. The molecule has 0 saturated heterocycles. The number of carboxylic acids is 1. The predicted molar refractivity (Wildman–Crippen MR) is 73.5 cm³/mol. The van der Waals surface area contributed by atoms with Gasteiger partial charge in [0.05, 0.1) is 5.69 Å². The van der Waals surface area contributed by atoms with E-state index in [-0.39, 0.29) is 0 Å². The van der Waals surface area contributed by atoms with Gasteiger partial charge in [0.25, 0.3) is 0 Å². The lowest BCUT2D eigenvalue weighted by molar-refractivity contribution is 0.0681. The summed E-state index contributed by atoms with van der Waals surface area (Å²) in [4.78, 5) is 15.6. The van der Waals surface area contributed by atoms with E-state index < -0.39 is 5.97 Å². The highest BCUT2D eigenvalue weighted by Gasteiger charge is 2.27. The fourth-order valence-corrected chi connectivity index (χ4v) is 2.71. The van der Waals surface area contributed by atoms with E-state index in [9.17, 15) is 9.90 Å². The first-order valence-electron chi connectivity index (χ1n) is 6.68. The second kappa shape index (κ2) is 5.05. The van der Waals surface area contributed by atoms with Crippen molar-refractivity contribution in [2.45, 2.75) is 25.8 Å². The van der Waals surface area contributed by atoms with E-state index >= 15 is 0 Å². The van der Waals surface area contributed by atoms with Gasteiger partial charge in [-0.3, -0.25) is 9.67 Å². The molecule has 3 rings (SSSR count). The number of hydrogen-bond donors (Lipinski definition) is 2. The van der Waals surface area contributed by atoms with Crippen LogP contribution in [0.1, 0.15) is 28.0 Å². The third-order valence-corrected chi connectivity index (χ3v) is 3.63. The molecule has 0 saturated carbocycles. The number of aromatic nitrogens is 3. The third kappa shape index (κ3) is 1.98. The number of nitrogens with two attached hydrogens (primary N) is 1. The number of carboxylic acid groups (broad SMARTS) is 1. The Kier molecular flexibility index (Phi) is 3.23. The quantitative estimate of drug-likeness (QED) is 0.869. The monoisotopic (exact) mass is 272 g/mol. The third-order valence-electron chi connectivity index (χ3n) is 3.63. The molecule has 0 atom stereocenters. The van der Waals surface area contributed by atoms with Gasteiger partial charge < -0.3 is 10.8 Å². The summed E-state index contributed by atoms with van der Waals surface area (Å²) in [6, 6.07) is 1.90. The first-order valence-corrected chi connectivity index (χ1v) is 6.68. The van der Waals surface area contributed by atoms with Gasteiger partial charge in [-0.05, 0) is 37.4 Å². The molecule has 3 N–H and O–H groups in total. The predicted octanol–water partition coefficient (Wildman–Crippen LogP) is 1.09. The molecular formula is C14H16N4O2. The molecule has 0 radical (unpaired) electrons. The van der Waals surface area contributed by atoms with Gasteiger partial charge in [0.15, 0.2) is 0 Å². The minimum atomic E-state index is -0.923. The topological polar surface area (TPSA) is 94.0 Å². The maximum absolute atomic E-state index is 11.5. The van der Waals surface area contributed by atoms with Crippen molar-refractivity contribution in [2.24, 2.45) is 5.73 Å². The Bertz CT molecular complexity index is 663. The fraction of sp³-hybridized carbons (Fsp3) is 0.357. The van der Waals surface area contributed by atoms with Crippen molar-refractivity contribution in [3.05, 3.63) is 35.3 Å². The van der Waals surface area contributed by atoms with Gasteiger partial charge in [0, 0.05) is 30.1 Å². The lowest BCUT2D eigenvalue weighted by atomic mass is 9.90. The van der Waals surface area contributed by atoms with Gasteiger partial charge in [0.1, 0.15) is 5.69 Å². The molecular weight excluding hydrogens is 256 g/mol. The Balaban J connectivity index is 2.14. The number of aryl methyl sites for hydroxylation is 2. The minimum Gasteiger partial charge on any atom is -0.477 e. The number of fused-ring (bicyclic) bond motifs is 3. The van der Waals surface area contributed by atoms with E-state index in [0.717, 1.165) is 28.8 Å². The number of pyridine rings is 1. The zero-order valence-electron chi connectivity index (χ0n) is 11.0. The highest BCUT2D eigenvalue weighted by Crippen LogP contribution is 2.34. The molecule has 20 heavy (non-hydrogen) atoms. The van der Waals surface area contributed by atoms with Crippen LogP contribution in [0.3, 0.4) is 0 Å². The van der Waals surface area contributed by atoms with Crippen LogP contribution in [0, 0.1) is 0 Å². The molecule has 0 fully saturated rings. The van der Waals surface area contributed by atoms with Crippen LogP contribution in [0.5, 0.6) is 0 Å². The Labute approximate surface area is 116 Å². The molecule has 1 aliphatic carbocycles. The average molecular weight is 272 g/mol. The second-order valence-corrected chi connectivity index (χ2v) is 4.88. The van der Waals surface area contributed by atoms with E-state index in [1.165, 1.54) is 0 Å². The Morgan fingerprint density at radius 1 is 1.45 bits per heavy atom. The van der Waals surface area contributed by atoms with Crippen molar-refractivity contribution in [2.75, 3.05) is 6.54 Å². The van der Waals surface area contributed by atoms with Gasteiger partial charge in [-0.15, -0.1) is 0 Å². The Morgan fingerprint density at radius 3 is 3.05 bits per heavy atom. The van der Waals surface area contributed by atoms with Gasteiger partial charge >= 0.3 is 5.97 Å². The van der Waals surface area contributed by atoms with Crippen LogP contribution in [0.25, 0.3) is 11.3 Å². The summed E-state index contributed by atoms with van der Waals surface area (Å²) < 4.78 is 1.58. The molecule has 0 unspecified atom stereocenters. The molecule has 0 bridgehead atoms. The van der Waals surface area contributed by atoms with Gasteiger partial charge in [0.2, 0.25) is 0 Å². The zero-order chi connectivity index (χ0) is 14.1. The summed E-state index contributed by atoms with van der Waals surface area (Å²) in [5.41, 5.74) is 9.53. The van der Waals surface area contributed by atoms with E-state index in [2.05, 4.69) is 10.1 Å². The van der Waals surface area contributed by atoms with Crippen LogP contribution in [0.2, 0.25) is 0 Å². The molecule has 2 aromatic heterocycles. The van der Waals surface area contributed by atoms with Crippen molar-refractivity contribution in [3.63, 3.8) is 0 Å². The van der Waals surface area contributed by atoms with Crippen LogP contribution >= 0.6 is 0 Å². The largest absolute Gasteiger partial charge is 0.477 e. The van der Waals surface area contributed by atoms with Crippen LogP contribution < -0.4 is 5.73 Å². The first kappa shape index (κ1) is 12.8. The van der Waals surface area contributed by atoms with Gasteiger partial charge in [-0.1, -0.05) is 0 Å². The number of carbonyl (C=O) groups is 1. The number of aromatic carboxylic acids is 1. The second-order valence-electron chi connectivity index (χ2n) is 4.88. The smallest absolute Gasteiger partial charge is 0.354 e. The van der Waals surface area contributed by atoms with E-state index in [1.807, 2.05) is 12.3 Å². The number of nitrogens with zero attached hydrogens (tertiary/aromatic N) is 3. The average Bonchev–Trinajstić information content (AvgIpc) is 2.84. The molecule has 6 nitrogen and oxygen atoms in total. The zero-order valence-corrected chi connectivity index (χ0v) is 11.0. The van der Waals surface area contributed by atoms with Crippen molar-refractivity contribution in [1.29, 1.82) is 0 Å². The SMILES string of the molecule is NCCCn1nc2c(c1C(=O)O)CCc1cnccc1-2. The van der Waals surface area contributed by atoms with Crippen molar-refractivity contribution >= 4 is 5.97 Å². The molecule has 0 spiro atoms. The highest BCUT2D eigenvalue weighted by atomic mass is 16.4. The summed E-state index contributed by atoms with van der Waals surface area (Å²) in [5, 5.41) is 14.0. The molecule has 0 aromatic carbocycles. The number of rotatable bonds is 4. The lowest BCUT2D eigenvalue weighted by Gasteiger charge is -2.14. The molecule has 2 heterocycles. The summed E-state index contributed by atoms with van der Waals surface area (Å²) in [5.74, 6) is -0.923. The molecule has 1 aliphatic rings. The van der Waals surface area contributed by atoms with E-state index in [1.54, 1.807) is 10.9 Å². The van der Waals surface area contributed by atoms with E-state index in [4.69, 9.17) is 5.73 Å². The van der Waals surface area contributed by atoms with Gasteiger partial charge in [-0.25, -0.2) is 4.79 Å². The molecule has 0 amide bonds. The molecule has 2 aromatic rings. The highest BCUT2D eigenvalue weighted by molar-refractivity contribution is 5.90. The summed E-state index contributed by atoms with van der Waals surface area (Å²) in [7, 11) is 0.